The Morgan fingerprint density at radius 1 is 0.345 bits per heavy atom. The summed E-state index contributed by atoms with van der Waals surface area (Å²) in [6.45, 7) is 23.2. The molecule has 0 aliphatic carbocycles. The van der Waals surface area contributed by atoms with E-state index in [1.807, 2.05) is 45.3 Å². The van der Waals surface area contributed by atoms with Gasteiger partial charge in [0.15, 0.2) is 10.9 Å². The van der Waals surface area contributed by atoms with Crippen LogP contribution in [0.15, 0.2) is 58.1 Å². The number of aryl methyl sites for hydroxylation is 6. The second kappa shape index (κ2) is 33.6. The number of benzene rings is 2. The molecule has 0 bridgehead atoms. The van der Waals surface area contributed by atoms with Gasteiger partial charge >= 0.3 is 0 Å². The number of thiophene rings is 4. The van der Waals surface area contributed by atoms with E-state index in [4.69, 9.17) is 0 Å². The molecule has 2 unspecified atom stereocenters. The Morgan fingerprint density at radius 2 is 0.667 bits per heavy atom. The van der Waals surface area contributed by atoms with E-state index in [9.17, 15) is 0 Å². The first kappa shape index (κ1) is 66.3. The predicted octanol–water partition coefficient (Wildman–Crippen LogP) is 25.8. The highest BCUT2D eigenvalue weighted by Crippen LogP contribution is 2.49. The van der Waals surface area contributed by atoms with E-state index in [1.165, 1.54) is 240 Å². The van der Waals surface area contributed by atoms with E-state index in [0.29, 0.717) is 11.8 Å². The van der Waals surface area contributed by atoms with Gasteiger partial charge in [-0.15, -0.1) is 45.3 Å². The standard InChI is InChI=1S/C78H108O2S4/c1-11-19-25-31-37-55(17-7)43-65-64-46-62-48-68(70-51-59(41-35-29-23-15-5)77(83-70)78-60(42-36-30-24-16-6)52-72(84-78)71-50-58(54(10)82-71)40-34-28-22-14-4)76(80)74(62)66(44-56(18-8)38-32-26-20-12-2)63(64)45-61-47-67(75(79)73(61)65)69-49-57(53(9)81-69)39-33-27-21-13-3/h45-52,55-56H,11-44H2,1-10H3. The summed E-state index contributed by atoms with van der Waals surface area (Å²) >= 11 is 7.74. The largest absolute Gasteiger partial charge is 0.289 e. The first-order valence-corrected chi connectivity index (χ1v) is 37.9. The van der Waals surface area contributed by atoms with Crippen molar-refractivity contribution in [2.45, 2.75) is 288 Å². The van der Waals surface area contributed by atoms with Gasteiger partial charge in [0.2, 0.25) is 0 Å². The van der Waals surface area contributed by atoms with Gasteiger partial charge in [0.25, 0.3) is 0 Å². The lowest BCUT2D eigenvalue weighted by molar-refractivity contribution is 0.440. The Balaban J connectivity index is 1.32. The van der Waals surface area contributed by atoms with Gasteiger partial charge in [-0.05, 0) is 193 Å². The molecule has 0 fully saturated rings. The molecule has 8 aromatic rings. The van der Waals surface area contributed by atoms with Crippen LogP contribution >= 0.6 is 45.3 Å². The van der Waals surface area contributed by atoms with Crippen LogP contribution in [0.1, 0.15) is 278 Å². The summed E-state index contributed by atoms with van der Waals surface area (Å²) in [5, 5.41) is 6.45. The third-order valence-corrected chi connectivity index (χ3v) is 24.1. The van der Waals surface area contributed by atoms with E-state index in [2.05, 4.69) is 118 Å². The summed E-state index contributed by atoms with van der Waals surface area (Å²) in [4.78, 5) is 42.2. The van der Waals surface area contributed by atoms with Crippen LogP contribution in [-0.2, 0) is 38.5 Å². The zero-order valence-electron chi connectivity index (χ0n) is 54.3. The van der Waals surface area contributed by atoms with Crippen molar-refractivity contribution in [2.24, 2.45) is 11.8 Å². The van der Waals surface area contributed by atoms with Crippen molar-refractivity contribution in [3.05, 3.63) is 112 Å². The normalized spacial score (nSPS) is 12.8. The van der Waals surface area contributed by atoms with Crippen LogP contribution in [0.3, 0.4) is 0 Å². The second-order valence-electron chi connectivity index (χ2n) is 25.7. The van der Waals surface area contributed by atoms with Gasteiger partial charge in [-0.25, -0.2) is 0 Å². The lowest BCUT2D eigenvalue weighted by Crippen LogP contribution is -2.11. The van der Waals surface area contributed by atoms with Crippen molar-refractivity contribution in [1.82, 2.24) is 0 Å². The van der Waals surface area contributed by atoms with E-state index < -0.39 is 0 Å². The summed E-state index contributed by atoms with van der Waals surface area (Å²) in [5.74, 6) is 0.954. The third-order valence-electron chi connectivity index (χ3n) is 19.2. The molecule has 4 aromatic carbocycles. The molecule has 0 aliphatic rings. The summed E-state index contributed by atoms with van der Waals surface area (Å²) in [5.41, 5.74) is 10.5. The van der Waals surface area contributed by atoms with Crippen LogP contribution in [-0.4, -0.2) is 0 Å². The van der Waals surface area contributed by atoms with Gasteiger partial charge in [-0.1, -0.05) is 209 Å². The molecule has 0 radical (unpaired) electrons. The van der Waals surface area contributed by atoms with Crippen molar-refractivity contribution in [2.75, 3.05) is 0 Å². The van der Waals surface area contributed by atoms with Crippen molar-refractivity contribution in [1.29, 1.82) is 0 Å². The van der Waals surface area contributed by atoms with Crippen molar-refractivity contribution >= 4 is 77.7 Å². The molecule has 0 spiro atoms. The van der Waals surface area contributed by atoms with Crippen LogP contribution in [0.4, 0.5) is 0 Å². The molecule has 0 amide bonds. The average Bonchev–Trinajstić information content (AvgIpc) is 1.65. The van der Waals surface area contributed by atoms with Crippen molar-refractivity contribution < 1.29 is 0 Å². The molecule has 4 aromatic heterocycles. The van der Waals surface area contributed by atoms with Gasteiger partial charge in [0, 0.05) is 60.9 Å². The van der Waals surface area contributed by atoms with E-state index >= 15 is 9.59 Å². The van der Waals surface area contributed by atoms with Crippen LogP contribution in [0, 0.1) is 25.7 Å². The van der Waals surface area contributed by atoms with Crippen LogP contribution in [0.2, 0.25) is 0 Å². The summed E-state index contributed by atoms with van der Waals surface area (Å²) < 4.78 is 0. The Kier molecular flexibility index (Phi) is 26.5. The molecule has 84 heavy (non-hydrogen) atoms. The molecule has 4 heterocycles. The topological polar surface area (TPSA) is 34.1 Å². The van der Waals surface area contributed by atoms with Crippen molar-refractivity contribution in [3.63, 3.8) is 0 Å². The molecule has 0 N–H and O–H groups in total. The van der Waals surface area contributed by atoms with Gasteiger partial charge in [-0.2, -0.15) is 0 Å². The molecule has 0 saturated carbocycles. The Hall–Kier alpha value is -3.68. The van der Waals surface area contributed by atoms with Gasteiger partial charge in [0.1, 0.15) is 0 Å². The Bertz CT molecular complexity index is 3390. The maximum atomic E-state index is 16.0. The minimum Gasteiger partial charge on any atom is -0.289 e. The molecule has 6 heteroatoms. The SMILES string of the molecule is CCCCCCc1cc(-c2cc(CCCCCC)c(-c3sc(-c4cc5cc6c(CC(CC)CCCCCC)c7c(=O)c(-c8cc(CCCCCC)c(C)s8)cc7cc6c(CC(CC)CCCCCC)c5c4=O)cc3CCCCCC)s2)sc1C. The summed E-state index contributed by atoms with van der Waals surface area (Å²) in [6.07, 6.45) is 40.7. The highest BCUT2D eigenvalue weighted by atomic mass is 32.1. The Morgan fingerprint density at radius 3 is 1.07 bits per heavy atom. The molecule has 2 nitrogen and oxygen atoms in total. The number of rotatable bonds is 40. The molecule has 2 atom stereocenters. The number of hydrogen-bond acceptors (Lipinski definition) is 6. The zero-order chi connectivity index (χ0) is 59.5. The van der Waals surface area contributed by atoms with Crippen LogP contribution in [0.25, 0.3) is 72.7 Å². The molecule has 0 aliphatic heterocycles. The number of fused-ring (bicyclic) bond motifs is 3. The fraction of sp³-hybridized carbons (Fsp3) is 0.590. The molecule has 456 valence electrons. The quantitative estimate of drug-likeness (QED) is 0.0359. The van der Waals surface area contributed by atoms with Crippen LogP contribution < -0.4 is 10.9 Å². The lowest BCUT2D eigenvalue weighted by Gasteiger charge is -2.21. The first-order chi connectivity index (χ1) is 41.0. The average molecular weight is 1210 g/mol. The molecule has 0 saturated heterocycles. The number of hydrogen-bond donors (Lipinski definition) is 0. The van der Waals surface area contributed by atoms with E-state index in [-0.39, 0.29) is 10.9 Å². The van der Waals surface area contributed by atoms with Crippen LogP contribution in [0.5, 0.6) is 0 Å². The van der Waals surface area contributed by atoms with E-state index in [0.717, 1.165) is 93.8 Å². The smallest absolute Gasteiger partial charge is 0.195 e. The van der Waals surface area contributed by atoms with Crippen molar-refractivity contribution in [3.8, 4) is 40.4 Å². The summed E-state index contributed by atoms with van der Waals surface area (Å²) in [7, 11) is 0. The van der Waals surface area contributed by atoms with Gasteiger partial charge < -0.3 is 0 Å². The molecular weight excluding hydrogens is 1100 g/mol. The number of unbranched alkanes of at least 4 members (excludes halogenated alkanes) is 18. The minimum absolute atomic E-state index is 0.203. The first-order valence-electron chi connectivity index (χ1n) is 34.6. The van der Waals surface area contributed by atoms with E-state index in [1.54, 1.807) is 0 Å². The second-order valence-corrected chi connectivity index (χ2v) is 30.3. The lowest BCUT2D eigenvalue weighted by atomic mass is 9.83. The fourth-order valence-corrected chi connectivity index (χ4v) is 18.7. The maximum absolute atomic E-state index is 16.0. The highest BCUT2D eigenvalue weighted by molar-refractivity contribution is 7.27. The summed E-state index contributed by atoms with van der Waals surface area (Å²) in [6, 6.07) is 19.3. The molecule has 8 rings (SSSR count). The maximum Gasteiger partial charge on any atom is 0.195 e. The molecular formula is C78H108O2S4. The Labute approximate surface area is 525 Å². The highest BCUT2D eigenvalue weighted by Gasteiger charge is 2.28. The minimum atomic E-state index is 0.203. The predicted molar refractivity (Wildman–Crippen MR) is 380 cm³/mol. The monoisotopic (exact) mass is 1200 g/mol. The van der Waals surface area contributed by atoms with Gasteiger partial charge in [0.05, 0.1) is 0 Å². The zero-order valence-corrected chi connectivity index (χ0v) is 57.5. The van der Waals surface area contributed by atoms with Gasteiger partial charge in [-0.3, -0.25) is 9.59 Å². The third kappa shape index (κ3) is 16.5. The fourth-order valence-electron chi connectivity index (χ4n) is 13.8.